The van der Waals surface area contributed by atoms with Crippen LogP contribution in [0.3, 0.4) is 0 Å². The Bertz CT molecular complexity index is 710. The SMILES string of the molecule is CCCCCCCCCCCCCCCC(=O)OCC(COP(=O)(O)O)OC(=O)CCCCCCCCCCCCCCC.[H-].[Na+]. The third kappa shape index (κ3) is 38.4. The van der Waals surface area contributed by atoms with Gasteiger partial charge < -0.3 is 20.7 Å². The molecule has 1 atom stereocenters. The first-order valence-electron chi connectivity index (χ1n) is 18.3. The van der Waals surface area contributed by atoms with Crippen molar-refractivity contribution in [3.05, 3.63) is 0 Å². The number of unbranched alkanes of at least 4 members (excludes halogenated alkanes) is 24. The van der Waals surface area contributed by atoms with E-state index in [0.29, 0.717) is 6.42 Å². The predicted octanol–water partition coefficient (Wildman–Crippen LogP) is 7.63. The van der Waals surface area contributed by atoms with Crippen LogP contribution in [0.25, 0.3) is 0 Å². The molecule has 0 aliphatic carbocycles. The number of hydrogen-bond donors (Lipinski definition) is 2. The van der Waals surface area contributed by atoms with Crippen molar-refractivity contribution in [1.29, 1.82) is 0 Å². The minimum atomic E-state index is -4.74. The van der Waals surface area contributed by atoms with Crippen LogP contribution in [0, 0.1) is 0 Å². The van der Waals surface area contributed by atoms with E-state index in [4.69, 9.17) is 19.3 Å². The molecule has 0 aliphatic heterocycles. The van der Waals surface area contributed by atoms with Crippen molar-refractivity contribution in [2.45, 2.75) is 200 Å². The standard InChI is InChI=1S/C35H69O8P.Na.H/c1-3-5-7-9-11-13-15-17-19-21-23-25-27-29-34(36)41-31-33(32-42-44(38,39)40)43-35(37)30-28-26-24-22-20-18-16-14-12-10-8-6-4-2;;/h33H,3-32H2,1-2H3,(H2,38,39,40);;/q;+1;-1. The first-order valence-corrected chi connectivity index (χ1v) is 19.9. The van der Waals surface area contributed by atoms with E-state index in [9.17, 15) is 14.2 Å². The summed E-state index contributed by atoms with van der Waals surface area (Å²) in [6, 6.07) is 0. The number of carbonyl (C=O) groups excluding carboxylic acids is 2. The molecule has 0 fully saturated rings. The Hall–Kier alpha value is 0.0500. The Kier molecular flexibility index (Phi) is 37.1. The van der Waals surface area contributed by atoms with Gasteiger partial charge in [0.1, 0.15) is 6.61 Å². The fourth-order valence-corrected chi connectivity index (χ4v) is 5.73. The molecule has 0 aromatic heterocycles. The number of ether oxygens (including phenoxy) is 2. The first kappa shape index (κ1) is 47.2. The molecule has 0 bridgehead atoms. The van der Waals surface area contributed by atoms with Crippen LogP contribution in [-0.2, 0) is 28.2 Å². The summed E-state index contributed by atoms with van der Waals surface area (Å²) in [5, 5.41) is 0. The molecular formula is C35H70NaO8P. The van der Waals surface area contributed by atoms with Crippen molar-refractivity contribution in [2.75, 3.05) is 13.2 Å². The quantitative estimate of drug-likeness (QED) is 0.0310. The fourth-order valence-electron chi connectivity index (χ4n) is 5.37. The summed E-state index contributed by atoms with van der Waals surface area (Å²) in [6.07, 6.45) is 31.0. The van der Waals surface area contributed by atoms with Crippen LogP contribution in [0.5, 0.6) is 0 Å². The van der Waals surface area contributed by atoms with Gasteiger partial charge in [0, 0.05) is 12.8 Å². The largest absolute Gasteiger partial charge is 1.00 e. The summed E-state index contributed by atoms with van der Waals surface area (Å²) in [5.41, 5.74) is 0. The van der Waals surface area contributed by atoms with Crippen molar-refractivity contribution in [2.24, 2.45) is 0 Å². The Morgan fingerprint density at radius 2 is 0.844 bits per heavy atom. The summed E-state index contributed by atoms with van der Waals surface area (Å²) >= 11 is 0. The number of rotatable bonds is 34. The maximum Gasteiger partial charge on any atom is 1.00 e. The van der Waals surface area contributed by atoms with Gasteiger partial charge in [0.15, 0.2) is 6.10 Å². The third-order valence-corrected chi connectivity index (χ3v) is 8.61. The van der Waals surface area contributed by atoms with Gasteiger partial charge >= 0.3 is 49.3 Å². The van der Waals surface area contributed by atoms with E-state index in [-0.39, 0.29) is 50.4 Å². The molecule has 10 heteroatoms. The van der Waals surface area contributed by atoms with Gasteiger partial charge in [-0.05, 0) is 12.8 Å². The Morgan fingerprint density at radius 1 is 0.533 bits per heavy atom. The van der Waals surface area contributed by atoms with Crippen LogP contribution >= 0.6 is 7.82 Å². The number of esters is 2. The van der Waals surface area contributed by atoms with E-state index in [0.717, 1.165) is 32.1 Å². The van der Waals surface area contributed by atoms with Crippen LogP contribution in [-0.4, -0.2) is 41.0 Å². The molecule has 0 aliphatic rings. The summed E-state index contributed by atoms with van der Waals surface area (Å²) in [7, 11) is -4.74. The first-order chi connectivity index (χ1) is 21.3. The van der Waals surface area contributed by atoms with Gasteiger partial charge in [-0.1, -0.05) is 168 Å². The zero-order valence-corrected chi connectivity index (χ0v) is 32.5. The molecule has 45 heavy (non-hydrogen) atoms. The predicted molar refractivity (Wildman–Crippen MR) is 181 cm³/mol. The Balaban J connectivity index is -0.00000924. The summed E-state index contributed by atoms with van der Waals surface area (Å²) in [5.74, 6) is -0.873. The zero-order chi connectivity index (χ0) is 32.6. The molecule has 264 valence electrons. The molecule has 8 nitrogen and oxygen atoms in total. The van der Waals surface area contributed by atoms with Gasteiger partial charge in [-0.15, -0.1) is 0 Å². The molecule has 0 aromatic rings. The molecule has 0 amide bonds. The van der Waals surface area contributed by atoms with Gasteiger partial charge in [0.25, 0.3) is 0 Å². The smallest absolute Gasteiger partial charge is 1.00 e. The normalized spacial score (nSPS) is 12.1. The molecular weight excluding hydrogens is 602 g/mol. The number of carbonyl (C=O) groups is 2. The van der Waals surface area contributed by atoms with E-state index in [1.54, 1.807) is 0 Å². The Morgan fingerprint density at radius 3 is 1.18 bits per heavy atom. The van der Waals surface area contributed by atoms with Gasteiger partial charge in [0.05, 0.1) is 6.61 Å². The van der Waals surface area contributed by atoms with Gasteiger partial charge in [-0.2, -0.15) is 0 Å². The van der Waals surface area contributed by atoms with Gasteiger partial charge in [0.2, 0.25) is 0 Å². The van der Waals surface area contributed by atoms with E-state index in [1.807, 2.05) is 0 Å². The number of phosphoric acid groups is 1. The average Bonchev–Trinajstić information content (AvgIpc) is 2.98. The maximum absolute atomic E-state index is 12.3. The second kappa shape index (κ2) is 35.4. The second-order valence-electron chi connectivity index (χ2n) is 12.6. The molecule has 0 aromatic carbocycles. The van der Waals surface area contributed by atoms with Crippen molar-refractivity contribution >= 4 is 19.8 Å². The summed E-state index contributed by atoms with van der Waals surface area (Å²) in [4.78, 5) is 42.6. The molecule has 0 heterocycles. The van der Waals surface area contributed by atoms with E-state index in [2.05, 4.69) is 18.4 Å². The number of hydrogen-bond acceptors (Lipinski definition) is 6. The Labute approximate surface area is 300 Å². The summed E-state index contributed by atoms with van der Waals surface area (Å²) in [6.45, 7) is 3.68. The third-order valence-electron chi connectivity index (χ3n) is 8.13. The van der Waals surface area contributed by atoms with Crippen LogP contribution in [0.15, 0.2) is 0 Å². The fraction of sp³-hybridized carbons (Fsp3) is 0.943. The van der Waals surface area contributed by atoms with Crippen LogP contribution in [0.2, 0.25) is 0 Å². The van der Waals surface area contributed by atoms with Crippen molar-refractivity contribution in [1.82, 2.24) is 0 Å². The van der Waals surface area contributed by atoms with E-state index >= 15 is 0 Å². The summed E-state index contributed by atoms with van der Waals surface area (Å²) < 4.78 is 26.3. The molecule has 0 spiro atoms. The minimum absolute atomic E-state index is 0. The second-order valence-corrected chi connectivity index (χ2v) is 13.8. The number of phosphoric ester groups is 1. The van der Waals surface area contributed by atoms with E-state index < -0.39 is 32.5 Å². The molecule has 0 rings (SSSR count). The maximum atomic E-state index is 12.3. The van der Waals surface area contributed by atoms with Crippen LogP contribution in [0.1, 0.15) is 195 Å². The van der Waals surface area contributed by atoms with Crippen molar-refractivity contribution < 1.29 is 68.9 Å². The zero-order valence-electron chi connectivity index (χ0n) is 30.6. The topological polar surface area (TPSA) is 119 Å². The molecule has 0 saturated carbocycles. The monoisotopic (exact) mass is 672 g/mol. The molecule has 2 N–H and O–H groups in total. The van der Waals surface area contributed by atoms with Crippen molar-refractivity contribution in [3.63, 3.8) is 0 Å². The van der Waals surface area contributed by atoms with Crippen LogP contribution in [0.4, 0.5) is 0 Å². The van der Waals surface area contributed by atoms with Gasteiger partial charge in [-0.3, -0.25) is 14.1 Å². The average molecular weight is 673 g/mol. The molecule has 1 unspecified atom stereocenters. The van der Waals surface area contributed by atoms with E-state index in [1.165, 1.54) is 128 Å². The molecule has 0 radical (unpaired) electrons. The van der Waals surface area contributed by atoms with Crippen LogP contribution < -0.4 is 29.6 Å². The van der Waals surface area contributed by atoms with Crippen molar-refractivity contribution in [3.8, 4) is 0 Å². The minimum Gasteiger partial charge on any atom is -1.00 e. The molecule has 0 saturated heterocycles. The van der Waals surface area contributed by atoms with Gasteiger partial charge in [-0.25, -0.2) is 4.57 Å².